The molecule has 9 heteroatoms. The molecule has 1 aromatic rings. The molecule has 1 aromatic carbocycles. The number of piperidine rings is 1. The highest BCUT2D eigenvalue weighted by molar-refractivity contribution is 7.89. The summed E-state index contributed by atoms with van der Waals surface area (Å²) in [5, 5.41) is 0. The van der Waals surface area contributed by atoms with Gasteiger partial charge < -0.3 is 4.90 Å². The molecule has 134 valence electrons. The lowest BCUT2D eigenvalue weighted by Gasteiger charge is -2.32. The Morgan fingerprint density at radius 1 is 1.21 bits per heavy atom. The summed E-state index contributed by atoms with van der Waals surface area (Å²) in [6, 6.07) is 5.96. The number of hydrogen-bond acceptors (Lipinski definition) is 3. The van der Waals surface area contributed by atoms with Gasteiger partial charge >= 0.3 is 12.1 Å². The standard InChI is InChI=1S/C15H19F3N2O3S/c1-2-11-3-5-13(6-4-11)24(22,23)19-12-7-9-20(10-8-12)14(21)15(16,17)18/h3-6,12,19H,2,7-10H2,1H3. The number of rotatable bonds is 4. The summed E-state index contributed by atoms with van der Waals surface area (Å²) in [6.45, 7) is 1.71. The zero-order valence-corrected chi connectivity index (χ0v) is 14.0. The highest BCUT2D eigenvalue weighted by Gasteiger charge is 2.43. The average Bonchev–Trinajstić information content (AvgIpc) is 2.54. The van der Waals surface area contributed by atoms with Crippen LogP contribution in [0.15, 0.2) is 29.2 Å². The van der Waals surface area contributed by atoms with Gasteiger partial charge in [0.15, 0.2) is 0 Å². The molecule has 2 rings (SSSR count). The molecule has 0 spiro atoms. The van der Waals surface area contributed by atoms with Crippen molar-refractivity contribution in [2.75, 3.05) is 13.1 Å². The number of nitrogens with one attached hydrogen (secondary N) is 1. The molecule has 0 aliphatic carbocycles. The van der Waals surface area contributed by atoms with Crippen molar-refractivity contribution in [1.82, 2.24) is 9.62 Å². The van der Waals surface area contributed by atoms with Gasteiger partial charge in [-0.05, 0) is 37.0 Å². The van der Waals surface area contributed by atoms with Gasteiger partial charge in [-0.25, -0.2) is 13.1 Å². The maximum absolute atomic E-state index is 12.4. The number of amides is 1. The second-order valence-corrected chi connectivity index (χ2v) is 7.40. The maximum Gasteiger partial charge on any atom is 0.471 e. The summed E-state index contributed by atoms with van der Waals surface area (Å²) < 4.78 is 64.3. The summed E-state index contributed by atoms with van der Waals surface area (Å²) in [7, 11) is -3.73. The molecular formula is C15H19F3N2O3S. The van der Waals surface area contributed by atoms with Gasteiger partial charge in [-0.15, -0.1) is 0 Å². The second-order valence-electron chi connectivity index (χ2n) is 5.68. The number of alkyl halides is 3. The quantitative estimate of drug-likeness (QED) is 0.890. The largest absolute Gasteiger partial charge is 0.471 e. The first-order chi connectivity index (χ1) is 11.1. The molecule has 1 heterocycles. The molecule has 1 fully saturated rings. The molecule has 0 saturated carbocycles. The predicted octanol–water partition coefficient (Wildman–Crippen LogP) is 2.08. The van der Waals surface area contributed by atoms with E-state index in [0.717, 1.165) is 12.0 Å². The zero-order chi connectivity index (χ0) is 18.0. The molecule has 0 radical (unpaired) electrons. The summed E-state index contributed by atoms with van der Waals surface area (Å²) in [6.07, 6.45) is -3.81. The summed E-state index contributed by atoms with van der Waals surface area (Å²) in [5.74, 6) is -1.88. The molecule has 0 bridgehead atoms. The van der Waals surface area contributed by atoms with Crippen LogP contribution in [0.2, 0.25) is 0 Å². The number of sulfonamides is 1. The predicted molar refractivity (Wildman–Crippen MR) is 81.8 cm³/mol. The third-order valence-corrected chi connectivity index (χ3v) is 5.52. The smallest absolute Gasteiger partial charge is 0.335 e. The molecular weight excluding hydrogens is 345 g/mol. The van der Waals surface area contributed by atoms with Gasteiger partial charge in [0.25, 0.3) is 0 Å². The van der Waals surface area contributed by atoms with Crippen LogP contribution in [0.25, 0.3) is 0 Å². The number of nitrogens with zero attached hydrogens (tertiary/aromatic N) is 1. The number of carbonyl (C=O) groups excluding carboxylic acids is 1. The van der Waals surface area contributed by atoms with Gasteiger partial charge in [0.1, 0.15) is 0 Å². The van der Waals surface area contributed by atoms with Crippen molar-refractivity contribution in [3.63, 3.8) is 0 Å². The lowest BCUT2D eigenvalue weighted by atomic mass is 10.1. The van der Waals surface area contributed by atoms with Crippen LogP contribution in [0, 0.1) is 0 Å². The molecule has 24 heavy (non-hydrogen) atoms. The van der Waals surface area contributed by atoms with E-state index in [4.69, 9.17) is 0 Å². The topological polar surface area (TPSA) is 66.5 Å². The van der Waals surface area contributed by atoms with Gasteiger partial charge in [0.2, 0.25) is 10.0 Å². The van der Waals surface area contributed by atoms with Crippen molar-refractivity contribution in [1.29, 1.82) is 0 Å². The van der Waals surface area contributed by atoms with Gasteiger partial charge in [-0.1, -0.05) is 19.1 Å². The van der Waals surface area contributed by atoms with Crippen molar-refractivity contribution in [2.45, 2.75) is 43.3 Å². The third kappa shape index (κ3) is 4.47. The van der Waals surface area contributed by atoms with E-state index in [1.165, 1.54) is 12.1 Å². The summed E-state index contributed by atoms with van der Waals surface area (Å²) in [5.41, 5.74) is 1.01. The Labute approximate surface area is 138 Å². The van der Waals surface area contributed by atoms with E-state index >= 15 is 0 Å². The fourth-order valence-electron chi connectivity index (χ4n) is 2.57. The van der Waals surface area contributed by atoms with E-state index in [2.05, 4.69) is 4.72 Å². The lowest BCUT2D eigenvalue weighted by Crippen LogP contribution is -2.49. The molecule has 5 nitrogen and oxygen atoms in total. The highest BCUT2D eigenvalue weighted by atomic mass is 32.2. The number of benzene rings is 1. The van der Waals surface area contributed by atoms with Crippen LogP contribution < -0.4 is 4.72 Å². The molecule has 0 unspecified atom stereocenters. The Kier molecular flexibility index (Phi) is 5.54. The SMILES string of the molecule is CCc1ccc(S(=O)(=O)NC2CCN(C(=O)C(F)(F)F)CC2)cc1. The first kappa shape index (κ1) is 18.7. The second kappa shape index (κ2) is 7.10. The van der Waals surface area contributed by atoms with E-state index in [0.29, 0.717) is 4.90 Å². The van der Waals surface area contributed by atoms with E-state index < -0.39 is 28.1 Å². The normalized spacial score (nSPS) is 17.1. The average molecular weight is 364 g/mol. The molecule has 1 amide bonds. The minimum absolute atomic E-state index is 0.119. The van der Waals surface area contributed by atoms with Gasteiger partial charge in [-0.2, -0.15) is 13.2 Å². The van der Waals surface area contributed by atoms with Gasteiger partial charge in [0, 0.05) is 19.1 Å². The summed E-state index contributed by atoms with van der Waals surface area (Å²) >= 11 is 0. The number of hydrogen-bond donors (Lipinski definition) is 1. The third-order valence-electron chi connectivity index (χ3n) is 3.99. The van der Waals surface area contributed by atoms with E-state index in [9.17, 15) is 26.4 Å². The van der Waals surface area contributed by atoms with Crippen LogP contribution in [-0.4, -0.2) is 44.5 Å². The Morgan fingerprint density at radius 2 is 1.75 bits per heavy atom. The minimum Gasteiger partial charge on any atom is -0.335 e. The van der Waals surface area contributed by atoms with E-state index in [1.54, 1.807) is 12.1 Å². The lowest BCUT2D eigenvalue weighted by molar-refractivity contribution is -0.186. The van der Waals surface area contributed by atoms with Crippen molar-refractivity contribution in [3.8, 4) is 0 Å². The Morgan fingerprint density at radius 3 is 2.21 bits per heavy atom. The van der Waals surface area contributed by atoms with Crippen LogP contribution >= 0.6 is 0 Å². The van der Waals surface area contributed by atoms with Crippen LogP contribution in [-0.2, 0) is 21.2 Å². The van der Waals surface area contributed by atoms with Crippen LogP contribution in [0.1, 0.15) is 25.3 Å². The fraction of sp³-hybridized carbons (Fsp3) is 0.533. The first-order valence-corrected chi connectivity index (χ1v) is 9.09. The minimum atomic E-state index is -4.90. The monoisotopic (exact) mass is 364 g/mol. The molecule has 1 aliphatic heterocycles. The zero-order valence-electron chi connectivity index (χ0n) is 13.1. The van der Waals surface area contributed by atoms with Crippen molar-refractivity contribution in [2.24, 2.45) is 0 Å². The van der Waals surface area contributed by atoms with Crippen molar-refractivity contribution in [3.05, 3.63) is 29.8 Å². The number of likely N-dealkylation sites (tertiary alicyclic amines) is 1. The van der Waals surface area contributed by atoms with Crippen LogP contribution in [0.5, 0.6) is 0 Å². The Bertz CT molecular complexity index is 679. The number of halogens is 3. The molecule has 1 N–H and O–H groups in total. The molecule has 0 atom stereocenters. The highest BCUT2D eigenvalue weighted by Crippen LogP contribution is 2.22. The van der Waals surface area contributed by atoms with Crippen molar-refractivity contribution < 1.29 is 26.4 Å². The molecule has 1 aliphatic rings. The van der Waals surface area contributed by atoms with E-state index in [-0.39, 0.29) is 30.8 Å². The number of carbonyl (C=O) groups is 1. The van der Waals surface area contributed by atoms with Crippen LogP contribution in [0.3, 0.4) is 0 Å². The Balaban J connectivity index is 1.96. The number of aryl methyl sites for hydroxylation is 1. The first-order valence-electron chi connectivity index (χ1n) is 7.61. The van der Waals surface area contributed by atoms with E-state index in [1.807, 2.05) is 6.92 Å². The molecule has 1 saturated heterocycles. The van der Waals surface area contributed by atoms with Crippen LogP contribution in [0.4, 0.5) is 13.2 Å². The van der Waals surface area contributed by atoms with Gasteiger partial charge in [-0.3, -0.25) is 4.79 Å². The van der Waals surface area contributed by atoms with Crippen molar-refractivity contribution >= 4 is 15.9 Å². The summed E-state index contributed by atoms with van der Waals surface area (Å²) in [4.78, 5) is 12.0. The fourth-order valence-corrected chi connectivity index (χ4v) is 3.88. The molecule has 0 aromatic heterocycles. The Hall–Kier alpha value is -1.61. The maximum atomic E-state index is 12.4. The van der Waals surface area contributed by atoms with Gasteiger partial charge in [0.05, 0.1) is 4.90 Å².